The number of carbonyl (C=O) groups excluding carboxylic acids is 1. The Morgan fingerprint density at radius 3 is 2.83 bits per heavy atom. The third-order valence-electron chi connectivity index (χ3n) is 3.77. The SMILES string of the molecule is CC[C@H]1C[C@@](C)(c2ccc3c(c2)OCO3)OC1=O. The number of benzene rings is 1. The second-order valence-corrected chi connectivity index (χ2v) is 5.03. The summed E-state index contributed by atoms with van der Waals surface area (Å²) in [5.74, 6) is 1.38. The Morgan fingerprint density at radius 1 is 1.33 bits per heavy atom. The minimum atomic E-state index is -0.543. The molecule has 0 spiro atoms. The van der Waals surface area contributed by atoms with E-state index in [1.807, 2.05) is 32.0 Å². The fourth-order valence-corrected chi connectivity index (χ4v) is 2.61. The number of hydrogen-bond acceptors (Lipinski definition) is 4. The van der Waals surface area contributed by atoms with Crippen molar-refractivity contribution in [2.75, 3.05) is 6.79 Å². The molecule has 2 atom stereocenters. The highest BCUT2D eigenvalue weighted by molar-refractivity contribution is 5.75. The molecule has 1 saturated heterocycles. The lowest BCUT2D eigenvalue weighted by atomic mass is 9.88. The monoisotopic (exact) mass is 248 g/mol. The highest BCUT2D eigenvalue weighted by Crippen LogP contribution is 2.43. The highest BCUT2D eigenvalue weighted by atomic mass is 16.7. The fourth-order valence-electron chi connectivity index (χ4n) is 2.61. The van der Waals surface area contributed by atoms with Crippen LogP contribution in [0.1, 0.15) is 32.3 Å². The molecule has 0 bridgehead atoms. The van der Waals surface area contributed by atoms with E-state index in [-0.39, 0.29) is 18.7 Å². The van der Waals surface area contributed by atoms with Gasteiger partial charge in [0.15, 0.2) is 11.5 Å². The number of carbonyl (C=O) groups is 1. The Bertz CT molecular complexity index is 497. The highest BCUT2D eigenvalue weighted by Gasteiger charge is 2.44. The zero-order valence-corrected chi connectivity index (χ0v) is 10.6. The van der Waals surface area contributed by atoms with E-state index >= 15 is 0 Å². The van der Waals surface area contributed by atoms with Crippen molar-refractivity contribution in [1.29, 1.82) is 0 Å². The Labute approximate surface area is 106 Å². The Morgan fingerprint density at radius 2 is 2.11 bits per heavy atom. The lowest BCUT2D eigenvalue weighted by molar-refractivity contribution is -0.150. The van der Waals surface area contributed by atoms with Gasteiger partial charge in [0.1, 0.15) is 5.60 Å². The van der Waals surface area contributed by atoms with Gasteiger partial charge in [-0.05, 0) is 31.0 Å². The van der Waals surface area contributed by atoms with Crippen molar-refractivity contribution in [3.05, 3.63) is 23.8 Å². The van der Waals surface area contributed by atoms with E-state index in [9.17, 15) is 4.79 Å². The van der Waals surface area contributed by atoms with E-state index in [1.54, 1.807) is 0 Å². The molecule has 0 radical (unpaired) electrons. The average molecular weight is 248 g/mol. The standard InChI is InChI=1S/C14H16O4/c1-3-9-7-14(2,18-13(9)15)10-4-5-11-12(6-10)17-8-16-11/h4-6,9H,3,7-8H2,1-2H3/t9-,14-/m0/s1. The first kappa shape index (κ1) is 11.4. The van der Waals surface area contributed by atoms with Crippen LogP contribution in [0.25, 0.3) is 0 Å². The Kier molecular flexibility index (Phi) is 2.47. The number of esters is 1. The van der Waals surface area contributed by atoms with Crippen molar-refractivity contribution in [2.45, 2.75) is 32.3 Å². The summed E-state index contributed by atoms with van der Waals surface area (Å²) in [6.45, 7) is 4.22. The van der Waals surface area contributed by atoms with Crippen LogP contribution >= 0.6 is 0 Å². The van der Waals surface area contributed by atoms with Crippen LogP contribution in [0.5, 0.6) is 11.5 Å². The smallest absolute Gasteiger partial charge is 0.309 e. The molecule has 0 aromatic heterocycles. The van der Waals surface area contributed by atoms with Gasteiger partial charge >= 0.3 is 5.97 Å². The minimum Gasteiger partial charge on any atom is -0.454 e. The van der Waals surface area contributed by atoms with Crippen LogP contribution < -0.4 is 9.47 Å². The molecule has 18 heavy (non-hydrogen) atoms. The third-order valence-corrected chi connectivity index (χ3v) is 3.77. The molecule has 0 amide bonds. The van der Waals surface area contributed by atoms with Gasteiger partial charge in [-0.15, -0.1) is 0 Å². The summed E-state index contributed by atoms with van der Waals surface area (Å²) in [6.07, 6.45) is 1.54. The molecule has 96 valence electrons. The predicted octanol–water partition coefficient (Wildman–Crippen LogP) is 2.60. The van der Waals surface area contributed by atoms with Gasteiger partial charge in [-0.3, -0.25) is 4.79 Å². The average Bonchev–Trinajstić information content (AvgIpc) is 2.93. The third kappa shape index (κ3) is 1.64. The van der Waals surface area contributed by atoms with Gasteiger partial charge in [-0.1, -0.05) is 13.0 Å². The minimum absolute atomic E-state index is 0.000392. The summed E-state index contributed by atoms with van der Waals surface area (Å²) in [7, 11) is 0. The van der Waals surface area contributed by atoms with Crippen LogP contribution in [0.15, 0.2) is 18.2 Å². The quantitative estimate of drug-likeness (QED) is 0.755. The number of ether oxygens (including phenoxy) is 3. The summed E-state index contributed by atoms with van der Waals surface area (Å²) >= 11 is 0. The maximum Gasteiger partial charge on any atom is 0.309 e. The van der Waals surface area contributed by atoms with Crippen molar-refractivity contribution >= 4 is 5.97 Å². The molecule has 4 nitrogen and oxygen atoms in total. The Hall–Kier alpha value is -1.71. The molecular formula is C14H16O4. The Balaban J connectivity index is 1.93. The molecule has 2 aliphatic rings. The predicted molar refractivity (Wildman–Crippen MR) is 64.4 cm³/mol. The van der Waals surface area contributed by atoms with E-state index in [4.69, 9.17) is 14.2 Å². The molecule has 1 aromatic rings. The summed E-state index contributed by atoms with van der Waals surface area (Å²) < 4.78 is 16.2. The van der Waals surface area contributed by atoms with Gasteiger partial charge in [0.05, 0.1) is 5.92 Å². The molecule has 0 N–H and O–H groups in total. The fraction of sp³-hybridized carbons (Fsp3) is 0.500. The van der Waals surface area contributed by atoms with Gasteiger partial charge in [0.2, 0.25) is 6.79 Å². The summed E-state index contributed by atoms with van der Waals surface area (Å²) in [5, 5.41) is 0. The molecule has 1 aromatic carbocycles. The number of rotatable bonds is 2. The van der Waals surface area contributed by atoms with Crippen LogP contribution in [-0.2, 0) is 15.1 Å². The molecule has 2 heterocycles. The summed E-state index contributed by atoms with van der Waals surface area (Å²) in [6, 6.07) is 5.72. The molecular weight excluding hydrogens is 232 g/mol. The van der Waals surface area contributed by atoms with Crippen molar-refractivity contribution in [3.63, 3.8) is 0 Å². The zero-order valence-electron chi connectivity index (χ0n) is 10.6. The van der Waals surface area contributed by atoms with E-state index < -0.39 is 5.60 Å². The number of cyclic esters (lactones) is 1. The zero-order chi connectivity index (χ0) is 12.8. The van der Waals surface area contributed by atoms with Crippen LogP contribution in [0.2, 0.25) is 0 Å². The van der Waals surface area contributed by atoms with Crippen LogP contribution in [0, 0.1) is 5.92 Å². The van der Waals surface area contributed by atoms with E-state index in [2.05, 4.69) is 0 Å². The first-order chi connectivity index (χ1) is 8.62. The number of hydrogen-bond donors (Lipinski definition) is 0. The van der Waals surface area contributed by atoms with Crippen molar-refractivity contribution in [1.82, 2.24) is 0 Å². The van der Waals surface area contributed by atoms with Crippen LogP contribution in [0.4, 0.5) is 0 Å². The largest absolute Gasteiger partial charge is 0.454 e. The molecule has 0 unspecified atom stereocenters. The molecule has 0 saturated carbocycles. The van der Waals surface area contributed by atoms with Crippen LogP contribution in [0.3, 0.4) is 0 Å². The molecule has 0 aliphatic carbocycles. The van der Waals surface area contributed by atoms with Gasteiger partial charge in [-0.2, -0.15) is 0 Å². The van der Waals surface area contributed by atoms with E-state index in [0.29, 0.717) is 0 Å². The molecule has 2 aliphatic heterocycles. The van der Waals surface area contributed by atoms with Gasteiger partial charge in [-0.25, -0.2) is 0 Å². The maximum atomic E-state index is 11.7. The first-order valence-corrected chi connectivity index (χ1v) is 6.25. The summed E-state index contributed by atoms with van der Waals surface area (Å²) in [5.41, 5.74) is 0.426. The molecule has 3 rings (SSSR count). The second-order valence-electron chi connectivity index (χ2n) is 5.03. The van der Waals surface area contributed by atoms with Crippen molar-refractivity contribution in [3.8, 4) is 11.5 Å². The first-order valence-electron chi connectivity index (χ1n) is 6.25. The van der Waals surface area contributed by atoms with Gasteiger partial charge in [0.25, 0.3) is 0 Å². The van der Waals surface area contributed by atoms with Crippen molar-refractivity contribution in [2.24, 2.45) is 5.92 Å². The second kappa shape index (κ2) is 3.90. The normalized spacial score (nSPS) is 29.4. The van der Waals surface area contributed by atoms with E-state index in [1.165, 1.54) is 0 Å². The van der Waals surface area contributed by atoms with Gasteiger partial charge < -0.3 is 14.2 Å². The van der Waals surface area contributed by atoms with Crippen LogP contribution in [-0.4, -0.2) is 12.8 Å². The van der Waals surface area contributed by atoms with E-state index in [0.717, 1.165) is 29.9 Å². The lowest BCUT2D eigenvalue weighted by Crippen LogP contribution is -2.20. The van der Waals surface area contributed by atoms with Crippen molar-refractivity contribution < 1.29 is 19.0 Å². The topological polar surface area (TPSA) is 44.8 Å². The summed E-state index contributed by atoms with van der Waals surface area (Å²) in [4.78, 5) is 11.7. The molecule has 4 heteroatoms. The lowest BCUT2D eigenvalue weighted by Gasteiger charge is -2.23. The number of fused-ring (bicyclic) bond motifs is 1. The molecule has 1 fully saturated rings. The maximum absolute atomic E-state index is 11.7. The van der Waals surface area contributed by atoms with Gasteiger partial charge in [0, 0.05) is 6.42 Å².